The van der Waals surface area contributed by atoms with Gasteiger partial charge in [0.25, 0.3) is 0 Å². The Hall–Kier alpha value is -1.58. The van der Waals surface area contributed by atoms with E-state index in [1.807, 2.05) is 34.6 Å². The monoisotopic (exact) mass is 236 g/mol. The van der Waals surface area contributed by atoms with Gasteiger partial charge in [-0.3, -0.25) is 4.79 Å². The lowest BCUT2D eigenvalue weighted by molar-refractivity contribution is -0.123. The third-order valence-electron chi connectivity index (χ3n) is 2.05. The van der Waals surface area contributed by atoms with Crippen molar-refractivity contribution in [3.05, 3.63) is 18.3 Å². The van der Waals surface area contributed by atoms with Gasteiger partial charge >= 0.3 is 0 Å². The summed E-state index contributed by atoms with van der Waals surface area (Å²) in [6.07, 6.45) is 1.67. The smallest absolute Gasteiger partial charge is 0.238 e. The van der Waals surface area contributed by atoms with E-state index in [1.165, 1.54) is 0 Å². The summed E-state index contributed by atoms with van der Waals surface area (Å²) in [6, 6.07) is 3.56. The highest BCUT2D eigenvalue weighted by molar-refractivity contribution is 5.95. The Morgan fingerprint density at radius 1 is 1.41 bits per heavy atom. The molecule has 0 spiro atoms. The van der Waals surface area contributed by atoms with Crippen LogP contribution in [-0.2, 0) is 4.79 Å². The summed E-state index contributed by atoms with van der Waals surface area (Å²) in [7, 11) is 0. The zero-order valence-electron chi connectivity index (χ0n) is 11.1. The molecule has 1 heterocycles. The Bertz CT molecular complexity index is 395. The lowest BCUT2D eigenvalue weighted by Crippen LogP contribution is -2.28. The quantitative estimate of drug-likeness (QED) is 0.878. The van der Waals surface area contributed by atoms with Gasteiger partial charge in [-0.25, -0.2) is 4.98 Å². The molecule has 0 aliphatic carbocycles. The van der Waals surface area contributed by atoms with Gasteiger partial charge in [0.05, 0.1) is 6.10 Å². The van der Waals surface area contributed by atoms with Gasteiger partial charge in [-0.1, -0.05) is 20.8 Å². The molecule has 0 aliphatic heterocycles. The van der Waals surface area contributed by atoms with Gasteiger partial charge in [-0.2, -0.15) is 0 Å². The van der Waals surface area contributed by atoms with Gasteiger partial charge in [-0.05, 0) is 26.0 Å². The first-order valence-corrected chi connectivity index (χ1v) is 5.74. The van der Waals surface area contributed by atoms with Crippen LogP contribution in [0.15, 0.2) is 18.3 Å². The number of aromatic nitrogens is 1. The summed E-state index contributed by atoms with van der Waals surface area (Å²) in [5, 5.41) is 2.83. The van der Waals surface area contributed by atoms with Crippen molar-refractivity contribution in [1.29, 1.82) is 0 Å². The number of carbonyl (C=O) groups excluding carboxylic acids is 1. The molecule has 0 bridgehead atoms. The normalized spacial score (nSPS) is 11.4. The Labute approximate surface area is 102 Å². The maximum absolute atomic E-state index is 11.9. The lowest BCUT2D eigenvalue weighted by atomic mass is 9.95. The fraction of sp³-hybridized carbons (Fsp3) is 0.538. The summed E-state index contributed by atoms with van der Waals surface area (Å²) < 4.78 is 5.53. The third kappa shape index (κ3) is 4.06. The minimum atomic E-state index is -0.440. The van der Waals surface area contributed by atoms with Crippen LogP contribution in [0.2, 0.25) is 0 Å². The molecule has 1 aromatic rings. The van der Waals surface area contributed by atoms with Crippen LogP contribution in [-0.4, -0.2) is 17.0 Å². The molecular formula is C13H20N2O2. The molecule has 1 amide bonds. The zero-order chi connectivity index (χ0) is 13.1. The van der Waals surface area contributed by atoms with Gasteiger partial charge in [0, 0.05) is 11.6 Å². The molecule has 0 unspecified atom stereocenters. The predicted molar refractivity (Wildman–Crippen MR) is 68.1 cm³/mol. The molecule has 1 N–H and O–H groups in total. The van der Waals surface area contributed by atoms with E-state index in [2.05, 4.69) is 10.3 Å². The van der Waals surface area contributed by atoms with Crippen molar-refractivity contribution in [2.24, 2.45) is 5.41 Å². The molecule has 1 rings (SSSR count). The van der Waals surface area contributed by atoms with Crippen LogP contribution in [0, 0.1) is 5.41 Å². The molecular weight excluding hydrogens is 216 g/mol. The first-order valence-electron chi connectivity index (χ1n) is 5.74. The molecule has 4 heteroatoms. The Morgan fingerprint density at radius 3 is 2.59 bits per heavy atom. The Kier molecular flexibility index (Phi) is 4.10. The van der Waals surface area contributed by atoms with E-state index in [0.717, 1.165) is 0 Å². The topological polar surface area (TPSA) is 51.2 Å². The minimum Gasteiger partial charge on any atom is -0.473 e. The second kappa shape index (κ2) is 5.17. The number of nitrogens with one attached hydrogen (secondary N) is 1. The second-order valence-electron chi connectivity index (χ2n) is 5.23. The number of ether oxygens (including phenoxy) is 1. The number of pyridine rings is 1. The number of hydrogen-bond donors (Lipinski definition) is 1. The summed E-state index contributed by atoms with van der Waals surface area (Å²) in [6.45, 7) is 9.43. The molecule has 0 saturated heterocycles. The van der Waals surface area contributed by atoms with Crippen LogP contribution >= 0.6 is 0 Å². The summed E-state index contributed by atoms with van der Waals surface area (Å²) in [5.74, 6) is 0.402. The Morgan fingerprint density at radius 2 is 2.06 bits per heavy atom. The van der Waals surface area contributed by atoms with Crippen LogP contribution in [0.25, 0.3) is 0 Å². The van der Waals surface area contributed by atoms with Crippen molar-refractivity contribution in [3.63, 3.8) is 0 Å². The molecule has 0 saturated carbocycles. The van der Waals surface area contributed by atoms with Crippen LogP contribution in [0.3, 0.4) is 0 Å². The number of amides is 1. The summed E-state index contributed by atoms with van der Waals surface area (Å²) in [4.78, 5) is 16.0. The minimum absolute atomic E-state index is 0.0233. The largest absolute Gasteiger partial charge is 0.473 e. The van der Waals surface area contributed by atoms with Crippen LogP contribution < -0.4 is 10.1 Å². The van der Waals surface area contributed by atoms with Crippen molar-refractivity contribution in [2.75, 3.05) is 5.32 Å². The van der Waals surface area contributed by atoms with E-state index >= 15 is 0 Å². The first kappa shape index (κ1) is 13.5. The molecule has 17 heavy (non-hydrogen) atoms. The second-order valence-corrected chi connectivity index (χ2v) is 5.23. The average molecular weight is 236 g/mol. The number of carbonyl (C=O) groups is 1. The molecule has 0 fully saturated rings. The SMILES string of the molecule is CC(C)Oc1ncccc1NC(=O)C(C)(C)C. The van der Waals surface area contributed by atoms with E-state index in [4.69, 9.17) is 4.74 Å². The van der Waals surface area contributed by atoms with Crippen molar-refractivity contribution in [1.82, 2.24) is 4.98 Å². The fourth-order valence-electron chi connectivity index (χ4n) is 1.11. The number of rotatable bonds is 3. The summed E-state index contributed by atoms with van der Waals surface area (Å²) in [5.41, 5.74) is 0.173. The third-order valence-corrected chi connectivity index (χ3v) is 2.05. The van der Waals surface area contributed by atoms with E-state index < -0.39 is 5.41 Å². The molecule has 0 aromatic carbocycles. The number of anilines is 1. The van der Waals surface area contributed by atoms with Gasteiger partial charge in [0.15, 0.2) is 0 Å². The van der Waals surface area contributed by atoms with Crippen LogP contribution in [0.4, 0.5) is 5.69 Å². The highest BCUT2D eigenvalue weighted by Gasteiger charge is 2.22. The highest BCUT2D eigenvalue weighted by atomic mass is 16.5. The van der Waals surface area contributed by atoms with Crippen molar-refractivity contribution < 1.29 is 9.53 Å². The predicted octanol–water partition coefficient (Wildman–Crippen LogP) is 2.85. The van der Waals surface area contributed by atoms with Gasteiger partial charge in [0.1, 0.15) is 5.69 Å². The lowest BCUT2D eigenvalue weighted by Gasteiger charge is -2.19. The van der Waals surface area contributed by atoms with Gasteiger partial charge in [-0.15, -0.1) is 0 Å². The standard InChI is InChI=1S/C13H20N2O2/c1-9(2)17-11-10(7-6-8-14-11)15-12(16)13(3,4)5/h6-9H,1-5H3,(H,15,16). The average Bonchev–Trinajstić information content (AvgIpc) is 2.18. The van der Waals surface area contributed by atoms with Crippen molar-refractivity contribution in [2.45, 2.75) is 40.7 Å². The molecule has 0 radical (unpaired) electrons. The van der Waals surface area contributed by atoms with Crippen LogP contribution in [0.5, 0.6) is 5.88 Å². The molecule has 94 valence electrons. The van der Waals surface area contributed by atoms with E-state index in [-0.39, 0.29) is 12.0 Å². The van der Waals surface area contributed by atoms with Gasteiger partial charge < -0.3 is 10.1 Å². The summed E-state index contributed by atoms with van der Waals surface area (Å²) >= 11 is 0. The fourth-order valence-corrected chi connectivity index (χ4v) is 1.11. The van der Waals surface area contributed by atoms with Crippen LogP contribution in [0.1, 0.15) is 34.6 Å². The molecule has 0 aliphatic rings. The van der Waals surface area contributed by atoms with E-state index in [9.17, 15) is 4.79 Å². The number of nitrogens with zero attached hydrogens (tertiary/aromatic N) is 1. The first-order chi connectivity index (χ1) is 7.80. The zero-order valence-corrected chi connectivity index (χ0v) is 11.1. The van der Waals surface area contributed by atoms with E-state index in [1.54, 1.807) is 18.3 Å². The van der Waals surface area contributed by atoms with Crippen molar-refractivity contribution in [3.8, 4) is 5.88 Å². The maximum atomic E-state index is 11.9. The molecule has 1 aromatic heterocycles. The Balaban J connectivity index is 2.87. The highest BCUT2D eigenvalue weighted by Crippen LogP contribution is 2.24. The molecule has 4 nitrogen and oxygen atoms in total. The van der Waals surface area contributed by atoms with Gasteiger partial charge in [0.2, 0.25) is 11.8 Å². The molecule has 0 atom stereocenters. The van der Waals surface area contributed by atoms with E-state index in [0.29, 0.717) is 11.6 Å². The van der Waals surface area contributed by atoms with Crippen molar-refractivity contribution >= 4 is 11.6 Å². The number of hydrogen-bond acceptors (Lipinski definition) is 3. The maximum Gasteiger partial charge on any atom is 0.238 e.